The number of aromatic nitrogens is 1. The van der Waals surface area contributed by atoms with Gasteiger partial charge >= 0.3 is 0 Å². The highest BCUT2D eigenvalue weighted by atomic mass is 79.9. The number of Topliss-reactive ketones (excluding diaryl/α,β-unsaturated/α-hetero) is 1. The van der Waals surface area contributed by atoms with E-state index in [9.17, 15) is 9.90 Å². The fourth-order valence-electron chi connectivity index (χ4n) is 6.13. The number of rotatable bonds is 7. The highest BCUT2D eigenvalue weighted by Gasteiger charge is 2.54. The van der Waals surface area contributed by atoms with Crippen molar-refractivity contribution in [3.05, 3.63) is 83.0 Å². The molecule has 0 radical (unpaired) electrons. The van der Waals surface area contributed by atoms with E-state index in [2.05, 4.69) is 33.6 Å². The first kappa shape index (κ1) is 23.2. The number of quaternary nitrogens is 1. The van der Waals surface area contributed by atoms with Crippen LogP contribution in [0, 0.1) is 11.8 Å². The molecule has 34 heavy (non-hydrogen) atoms. The first-order valence-corrected chi connectivity index (χ1v) is 12.6. The number of hydrogen-bond acceptors (Lipinski definition) is 4. The van der Waals surface area contributed by atoms with E-state index in [1.54, 1.807) is 13.3 Å². The zero-order chi connectivity index (χ0) is 23.9. The van der Waals surface area contributed by atoms with Crippen molar-refractivity contribution in [2.24, 2.45) is 11.8 Å². The molecule has 1 N–H and O–H groups in total. The van der Waals surface area contributed by atoms with Crippen molar-refractivity contribution in [3.8, 4) is 5.75 Å². The Hall–Kier alpha value is -2.54. The summed E-state index contributed by atoms with van der Waals surface area (Å²) in [4.78, 5) is 17.9. The summed E-state index contributed by atoms with van der Waals surface area (Å²) in [6.45, 7) is 6.20. The molecule has 3 aromatic rings. The van der Waals surface area contributed by atoms with Crippen LogP contribution >= 0.6 is 15.9 Å². The normalized spacial score (nSPS) is 26.9. The van der Waals surface area contributed by atoms with E-state index in [-0.39, 0.29) is 11.8 Å². The Morgan fingerprint density at radius 1 is 1.29 bits per heavy atom. The summed E-state index contributed by atoms with van der Waals surface area (Å²) in [5.74, 6) is 1.71. The van der Waals surface area contributed by atoms with Gasteiger partial charge in [-0.1, -0.05) is 34.1 Å². The lowest BCUT2D eigenvalue weighted by Crippen LogP contribution is -2.69. The summed E-state index contributed by atoms with van der Waals surface area (Å²) >= 11 is 3.45. The van der Waals surface area contributed by atoms with Crippen molar-refractivity contribution >= 4 is 32.6 Å². The Morgan fingerprint density at radius 3 is 2.82 bits per heavy atom. The molecule has 5 unspecified atom stereocenters. The molecule has 0 aliphatic carbocycles. The number of pyridine rings is 1. The summed E-state index contributed by atoms with van der Waals surface area (Å²) < 4.78 is 6.99. The maximum atomic E-state index is 13.4. The number of fused-ring (bicyclic) bond motifs is 4. The summed E-state index contributed by atoms with van der Waals surface area (Å²) in [6.07, 6.45) is 5.03. The minimum atomic E-state index is -0.705. The molecular weight excluding hydrogens is 492 g/mol. The summed E-state index contributed by atoms with van der Waals surface area (Å²) in [5, 5.41) is 12.7. The van der Waals surface area contributed by atoms with E-state index in [1.165, 1.54) is 0 Å². The van der Waals surface area contributed by atoms with E-state index in [1.807, 2.05) is 48.5 Å². The maximum absolute atomic E-state index is 13.4. The van der Waals surface area contributed by atoms with Gasteiger partial charge in [0.2, 0.25) is 5.78 Å². The predicted octanol–water partition coefficient (Wildman–Crippen LogP) is 5.33. The lowest BCUT2D eigenvalue weighted by Gasteiger charge is -2.57. The van der Waals surface area contributed by atoms with Crippen molar-refractivity contribution < 1.29 is 19.1 Å². The minimum absolute atomic E-state index is 0.0638. The van der Waals surface area contributed by atoms with Crippen LogP contribution in [0.15, 0.2) is 71.9 Å². The zero-order valence-corrected chi connectivity index (χ0v) is 20.9. The summed E-state index contributed by atoms with van der Waals surface area (Å²) in [6, 6.07) is 15.2. The number of nitrogens with zero attached hydrogens (tertiary/aromatic N) is 2. The zero-order valence-electron chi connectivity index (χ0n) is 19.4. The van der Waals surface area contributed by atoms with Gasteiger partial charge in [-0.05, 0) is 47.9 Å². The Labute approximate surface area is 208 Å². The second-order valence-electron chi connectivity index (χ2n) is 9.69. The van der Waals surface area contributed by atoms with Gasteiger partial charge < -0.3 is 14.3 Å². The molecule has 0 saturated carbocycles. The number of piperidine rings is 3. The fourth-order valence-corrected chi connectivity index (χ4v) is 6.40. The highest BCUT2D eigenvalue weighted by Crippen LogP contribution is 2.47. The molecule has 6 rings (SSSR count). The minimum Gasteiger partial charge on any atom is -0.497 e. The molecule has 176 valence electrons. The topological polar surface area (TPSA) is 59.4 Å². The standard InChI is InChI=1S/C28H30BrN2O3/c1-3-18-16-31(17-27(32)19-4-6-21(29)7-5-19)13-11-20(18)14-26(31)28(33)23-10-12-30-25-9-8-22(34-2)15-24(23)25/h3-10,12,15,18,20,26,28,33H,1,11,13-14,16-17H2,2H3/q+1. The van der Waals surface area contributed by atoms with Gasteiger partial charge in [-0.15, -0.1) is 6.58 Å². The second kappa shape index (κ2) is 9.25. The van der Waals surface area contributed by atoms with Crippen molar-refractivity contribution in [3.63, 3.8) is 0 Å². The number of hydrogen-bond donors (Lipinski definition) is 1. The molecule has 2 bridgehead atoms. The highest BCUT2D eigenvalue weighted by molar-refractivity contribution is 9.10. The Morgan fingerprint density at radius 2 is 2.09 bits per heavy atom. The number of aliphatic hydroxyl groups is 1. The van der Waals surface area contributed by atoms with Gasteiger partial charge in [-0.2, -0.15) is 0 Å². The lowest BCUT2D eigenvalue weighted by atomic mass is 9.71. The van der Waals surface area contributed by atoms with Gasteiger partial charge in [0.15, 0.2) is 0 Å². The van der Waals surface area contributed by atoms with E-state index in [0.717, 1.165) is 52.6 Å². The molecule has 0 amide bonds. The number of carbonyl (C=O) groups excluding carboxylic acids is 1. The first-order valence-electron chi connectivity index (χ1n) is 11.8. The summed E-state index contributed by atoms with van der Waals surface area (Å²) in [7, 11) is 1.64. The van der Waals surface area contributed by atoms with Crippen LogP contribution in [-0.4, -0.2) is 53.1 Å². The van der Waals surface area contributed by atoms with Crippen LogP contribution in [0.5, 0.6) is 5.75 Å². The molecule has 3 aliphatic heterocycles. The number of methoxy groups -OCH3 is 1. The van der Waals surface area contributed by atoms with Crippen molar-refractivity contribution in [1.29, 1.82) is 0 Å². The lowest BCUT2D eigenvalue weighted by molar-refractivity contribution is -0.966. The molecule has 6 heteroatoms. The fraction of sp³-hybridized carbons (Fsp3) is 0.357. The van der Waals surface area contributed by atoms with Crippen molar-refractivity contribution in [1.82, 2.24) is 4.98 Å². The average Bonchev–Trinajstić information content (AvgIpc) is 2.87. The van der Waals surface area contributed by atoms with Gasteiger partial charge in [-0.25, -0.2) is 0 Å². The van der Waals surface area contributed by atoms with Crippen LogP contribution in [0.4, 0.5) is 0 Å². The third-order valence-electron chi connectivity index (χ3n) is 7.97. The first-order chi connectivity index (χ1) is 16.4. The predicted molar refractivity (Wildman–Crippen MR) is 137 cm³/mol. The third-order valence-corrected chi connectivity index (χ3v) is 8.49. The van der Waals surface area contributed by atoms with E-state index in [4.69, 9.17) is 4.74 Å². The molecule has 4 heterocycles. The Balaban J connectivity index is 1.53. The van der Waals surface area contributed by atoms with E-state index < -0.39 is 6.10 Å². The number of ether oxygens (including phenoxy) is 1. The molecule has 5 nitrogen and oxygen atoms in total. The van der Waals surface area contributed by atoms with Crippen LogP contribution in [0.1, 0.15) is 34.9 Å². The second-order valence-corrected chi connectivity index (χ2v) is 10.6. The van der Waals surface area contributed by atoms with Crippen LogP contribution in [0.3, 0.4) is 0 Å². The summed E-state index contributed by atoms with van der Waals surface area (Å²) in [5.41, 5.74) is 2.39. The molecule has 0 spiro atoms. The van der Waals surface area contributed by atoms with Gasteiger partial charge in [0.25, 0.3) is 0 Å². The van der Waals surface area contributed by atoms with Gasteiger partial charge in [0, 0.05) is 40.4 Å². The number of aliphatic hydroxyl groups excluding tert-OH is 1. The van der Waals surface area contributed by atoms with Crippen molar-refractivity contribution in [2.75, 3.05) is 26.7 Å². The number of benzene rings is 2. The SMILES string of the molecule is C=CC1C[N+]2(CC(=O)c3ccc(Br)cc3)CCC1CC2C(O)c1ccnc2ccc(OC)cc12. The van der Waals surface area contributed by atoms with Crippen LogP contribution in [-0.2, 0) is 0 Å². The third kappa shape index (κ3) is 4.08. The largest absolute Gasteiger partial charge is 0.497 e. The van der Waals surface area contributed by atoms with Gasteiger partial charge in [0.1, 0.15) is 24.4 Å². The molecule has 3 aliphatic rings. The monoisotopic (exact) mass is 521 g/mol. The maximum Gasteiger partial charge on any atom is 0.216 e. The van der Waals surface area contributed by atoms with Crippen LogP contribution < -0.4 is 4.74 Å². The number of carbonyl (C=O) groups is 1. The van der Waals surface area contributed by atoms with E-state index >= 15 is 0 Å². The number of halogens is 1. The molecule has 2 aromatic carbocycles. The number of ketones is 1. The quantitative estimate of drug-likeness (QED) is 0.259. The Bertz CT molecular complexity index is 1230. The smallest absolute Gasteiger partial charge is 0.216 e. The van der Waals surface area contributed by atoms with Gasteiger partial charge in [0.05, 0.1) is 25.7 Å². The van der Waals surface area contributed by atoms with E-state index in [0.29, 0.717) is 28.4 Å². The molecule has 5 atom stereocenters. The molecule has 3 saturated heterocycles. The Kier molecular flexibility index (Phi) is 6.32. The molecular formula is C28H30BrN2O3+. The average molecular weight is 522 g/mol. The van der Waals surface area contributed by atoms with Crippen molar-refractivity contribution in [2.45, 2.75) is 25.0 Å². The molecule has 1 aromatic heterocycles. The van der Waals surface area contributed by atoms with Crippen LogP contribution in [0.2, 0.25) is 0 Å². The van der Waals surface area contributed by atoms with Crippen LogP contribution in [0.25, 0.3) is 10.9 Å². The van der Waals surface area contributed by atoms with Gasteiger partial charge in [-0.3, -0.25) is 9.78 Å². The molecule has 3 fully saturated rings.